The maximum absolute atomic E-state index is 12.5. The van der Waals surface area contributed by atoms with Crippen molar-refractivity contribution in [1.82, 2.24) is 15.3 Å². The summed E-state index contributed by atoms with van der Waals surface area (Å²) in [5.74, 6) is 2.08. The van der Waals surface area contributed by atoms with Crippen LogP contribution in [0.15, 0.2) is 45.3 Å². The number of carbonyl (C=O) groups is 1. The first-order valence-corrected chi connectivity index (χ1v) is 13.1. The van der Waals surface area contributed by atoms with Gasteiger partial charge in [-0.05, 0) is 11.1 Å². The minimum atomic E-state index is -0.141. The van der Waals surface area contributed by atoms with Gasteiger partial charge in [-0.2, -0.15) is 0 Å². The molecule has 1 amide bonds. The lowest BCUT2D eigenvalue weighted by Crippen LogP contribution is -2.31. The molecule has 2 heterocycles. The minimum Gasteiger partial charge on any atom is -0.444 e. The van der Waals surface area contributed by atoms with E-state index >= 15 is 0 Å². The van der Waals surface area contributed by atoms with Gasteiger partial charge in [0.1, 0.15) is 5.76 Å². The molecule has 3 N–H and O–H groups in total. The van der Waals surface area contributed by atoms with Crippen LogP contribution in [0.2, 0.25) is 0 Å². The van der Waals surface area contributed by atoms with Gasteiger partial charge in [-0.3, -0.25) is 4.79 Å². The molecule has 3 rings (SSSR count). The van der Waals surface area contributed by atoms with Gasteiger partial charge in [0.05, 0.1) is 28.8 Å². The van der Waals surface area contributed by atoms with Crippen molar-refractivity contribution in [2.45, 2.75) is 63.0 Å². The molecule has 3 aromatic rings. The van der Waals surface area contributed by atoms with E-state index in [0.717, 1.165) is 34.2 Å². The number of amides is 1. The van der Waals surface area contributed by atoms with Crippen molar-refractivity contribution in [3.05, 3.63) is 59.4 Å². The standard InChI is InChI=1S/C25H34N4O3S2/c1-24(2,3)19-12-27-21(32-19)14-33-22-13-28-23(34-22)29-20(31)10-17-6-8-18(9-7-17)11-26-15-25(4,5)16-30/h6-9,12-13,26,30H,10-11,14-16H2,1-5H3,(H,28,29,31). The number of aliphatic hydroxyl groups is 1. The predicted octanol–water partition coefficient (Wildman–Crippen LogP) is 5.01. The smallest absolute Gasteiger partial charge is 0.230 e. The van der Waals surface area contributed by atoms with E-state index < -0.39 is 0 Å². The molecule has 0 atom stereocenters. The van der Waals surface area contributed by atoms with Gasteiger partial charge in [-0.1, -0.05) is 70.2 Å². The summed E-state index contributed by atoms with van der Waals surface area (Å²) < 4.78 is 6.82. The normalized spacial score (nSPS) is 12.2. The third-order valence-corrected chi connectivity index (χ3v) is 7.20. The predicted molar refractivity (Wildman–Crippen MR) is 138 cm³/mol. The Bertz CT molecular complexity index is 1070. The topological polar surface area (TPSA) is 100 Å². The highest BCUT2D eigenvalue weighted by molar-refractivity contribution is 8.00. The maximum Gasteiger partial charge on any atom is 0.230 e. The zero-order chi connectivity index (χ0) is 24.8. The number of rotatable bonds is 11. The zero-order valence-corrected chi connectivity index (χ0v) is 22.1. The first-order valence-electron chi connectivity index (χ1n) is 11.3. The van der Waals surface area contributed by atoms with Gasteiger partial charge >= 0.3 is 0 Å². The fourth-order valence-corrected chi connectivity index (χ4v) is 4.71. The first-order chi connectivity index (χ1) is 16.0. The van der Waals surface area contributed by atoms with Crippen molar-refractivity contribution in [3.63, 3.8) is 0 Å². The number of aromatic nitrogens is 2. The zero-order valence-electron chi connectivity index (χ0n) is 20.5. The monoisotopic (exact) mass is 502 g/mol. The molecule has 9 heteroatoms. The Morgan fingerprint density at radius 3 is 2.44 bits per heavy atom. The van der Waals surface area contributed by atoms with Crippen molar-refractivity contribution in [1.29, 1.82) is 0 Å². The van der Waals surface area contributed by atoms with Gasteiger partial charge in [0.2, 0.25) is 11.8 Å². The number of thioether (sulfide) groups is 1. The Morgan fingerprint density at radius 1 is 1.09 bits per heavy atom. The number of benzene rings is 1. The van der Waals surface area contributed by atoms with Crippen molar-refractivity contribution < 1.29 is 14.3 Å². The lowest BCUT2D eigenvalue weighted by atomic mass is 9.94. The Morgan fingerprint density at radius 2 is 1.79 bits per heavy atom. The molecule has 1 aromatic carbocycles. The van der Waals surface area contributed by atoms with Crippen molar-refractivity contribution in [2.75, 3.05) is 18.5 Å². The van der Waals surface area contributed by atoms with Crippen LogP contribution >= 0.6 is 23.1 Å². The minimum absolute atomic E-state index is 0.0629. The molecule has 7 nitrogen and oxygen atoms in total. The largest absolute Gasteiger partial charge is 0.444 e. The lowest BCUT2D eigenvalue weighted by molar-refractivity contribution is -0.115. The van der Waals surface area contributed by atoms with Gasteiger partial charge in [-0.25, -0.2) is 9.97 Å². The van der Waals surface area contributed by atoms with E-state index in [1.807, 2.05) is 38.1 Å². The molecule has 0 aliphatic rings. The van der Waals surface area contributed by atoms with Crippen LogP contribution in [-0.2, 0) is 28.9 Å². The summed E-state index contributed by atoms with van der Waals surface area (Å²) in [7, 11) is 0. The number of hydrogen-bond acceptors (Lipinski definition) is 8. The van der Waals surface area contributed by atoms with E-state index in [1.165, 1.54) is 11.3 Å². The van der Waals surface area contributed by atoms with Crippen molar-refractivity contribution in [3.8, 4) is 0 Å². The molecule has 184 valence electrons. The first kappa shape index (κ1) is 26.4. The van der Waals surface area contributed by atoms with Crippen LogP contribution in [0.1, 0.15) is 57.4 Å². The second kappa shape index (κ2) is 11.5. The Kier molecular flexibility index (Phi) is 8.92. The molecular weight excluding hydrogens is 468 g/mol. The summed E-state index contributed by atoms with van der Waals surface area (Å²) in [6.45, 7) is 11.9. The van der Waals surface area contributed by atoms with Crippen LogP contribution in [0.3, 0.4) is 0 Å². The second-order valence-electron chi connectivity index (χ2n) is 10.1. The third-order valence-electron chi connectivity index (χ3n) is 5.11. The summed E-state index contributed by atoms with van der Waals surface area (Å²) in [5, 5.41) is 16.2. The number of anilines is 1. The molecule has 0 radical (unpaired) electrons. The number of thiazole rings is 1. The third kappa shape index (κ3) is 8.23. The van der Waals surface area contributed by atoms with Gasteiger partial charge in [-0.15, -0.1) is 11.8 Å². The van der Waals surface area contributed by atoms with Crippen molar-refractivity contribution >= 4 is 34.1 Å². The molecule has 0 saturated carbocycles. The fourth-order valence-electron chi connectivity index (χ4n) is 2.97. The Hall–Kier alpha value is -2.20. The molecule has 0 aliphatic carbocycles. The van der Waals surface area contributed by atoms with Crippen LogP contribution in [0.25, 0.3) is 0 Å². The number of oxazole rings is 1. The second-order valence-corrected chi connectivity index (χ2v) is 12.4. The Labute approximate surface area is 209 Å². The molecule has 0 saturated heterocycles. The van der Waals surface area contributed by atoms with Crippen LogP contribution in [-0.4, -0.2) is 34.1 Å². The average Bonchev–Trinajstić information content (AvgIpc) is 3.43. The number of hydrogen-bond donors (Lipinski definition) is 3. The number of aliphatic hydroxyl groups excluding tert-OH is 1. The lowest BCUT2D eigenvalue weighted by Gasteiger charge is -2.21. The quantitative estimate of drug-likeness (QED) is 0.317. The molecule has 2 aromatic heterocycles. The van der Waals surface area contributed by atoms with Crippen LogP contribution in [0.5, 0.6) is 0 Å². The van der Waals surface area contributed by atoms with E-state index in [2.05, 4.69) is 41.4 Å². The van der Waals surface area contributed by atoms with E-state index in [1.54, 1.807) is 24.2 Å². The van der Waals surface area contributed by atoms with Gasteiger partial charge < -0.3 is 20.2 Å². The highest BCUT2D eigenvalue weighted by Gasteiger charge is 2.19. The highest BCUT2D eigenvalue weighted by Crippen LogP contribution is 2.31. The van der Waals surface area contributed by atoms with E-state index in [0.29, 0.717) is 23.2 Å². The molecule has 0 spiro atoms. The number of nitrogens with one attached hydrogen (secondary N) is 2. The maximum atomic E-state index is 12.5. The van der Waals surface area contributed by atoms with E-state index in [9.17, 15) is 9.90 Å². The molecule has 34 heavy (non-hydrogen) atoms. The van der Waals surface area contributed by atoms with Gasteiger partial charge in [0.15, 0.2) is 5.13 Å². The van der Waals surface area contributed by atoms with E-state index in [4.69, 9.17) is 4.42 Å². The SMILES string of the molecule is CC(C)(CO)CNCc1ccc(CC(=O)Nc2ncc(SCc3ncc(C(C)(C)C)o3)s2)cc1. The summed E-state index contributed by atoms with van der Waals surface area (Å²) in [5.41, 5.74) is 1.88. The molecular formula is C25H34N4O3S2. The summed E-state index contributed by atoms with van der Waals surface area (Å²) >= 11 is 3.03. The van der Waals surface area contributed by atoms with Crippen molar-refractivity contribution in [2.24, 2.45) is 5.41 Å². The van der Waals surface area contributed by atoms with Crippen LogP contribution in [0.4, 0.5) is 5.13 Å². The molecule has 0 unspecified atom stereocenters. The fraction of sp³-hybridized carbons (Fsp3) is 0.480. The van der Waals surface area contributed by atoms with Gasteiger partial charge in [0.25, 0.3) is 0 Å². The Balaban J connectivity index is 1.43. The molecule has 0 bridgehead atoms. The summed E-state index contributed by atoms with van der Waals surface area (Å²) in [6.07, 6.45) is 3.84. The number of carbonyl (C=O) groups excluding carboxylic acids is 1. The molecule has 0 aliphatic heterocycles. The molecule has 0 fully saturated rings. The average molecular weight is 503 g/mol. The summed E-state index contributed by atoms with van der Waals surface area (Å²) in [6, 6.07) is 7.99. The van der Waals surface area contributed by atoms with Crippen LogP contribution in [0, 0.1) is 5.41 Å². The highest BCUT2D eigenvalue weighted by atomic mass is 32.2. The number of nitrogens with zero attached hydrogens (tertiary/aromatic N) is 2. The van der Waals surface area contributed by atoms with Crippen LogP contribution < -0.4 is 10.6 Å². The summed E-state index contributed by atoms with van der Waals surface area (Å²) in [4.78, 5) is 21.1. The van der Waals surface area contributed by atoms with Gasteiger partial charge in [0, 0.05) is 30.5 Å². The van der Waals surface area contributed by atoms with E-state index in [-0.39, 0.29) is 23.3 Å².